The fourth-order valence-electron chi connectivity index (χ4n) is 6.20. The summed E-state index contributed by atoms with van der Waals surface area (Å²) in [6.07, 6.45) is 5.97. The third-order valence-electron chi connectivity index (χ3n) is 9.22. The van der Waals surface area contributed by atoms with Crippen LogP contribution in [0.15, 0.2) is 78.9 Å². The molecule has 49 heavy (non-hydrogen) atoms. The molecule has 0 radical (unpaired) electrons. The van der Waals surface area contributed by atoms with Crippen molar-refractivity contribution < 1.29 is 19.1 Å². The van der Waals surface area contributed by atoms with Crippen LogP contribution in [0.25, 0.3) is 11.1 Å². The Balaban J connectivity index is 1.04. The molecule has 0 atom stereocenters. The van der Waals surface area contributed by atoms with Gasteiger partial charge in [0.15, 0.2) is 5.78 Å². The number of benzene rings is 3. The molecule has 3 aromatic carbocycles. The van der Waals surface area contributed by atoms with E-state index in [2.05, 4.69) is 39.6 Å². The number of hydrogen-bond donors (Lipinski definition) is 2. The van der Waals surface area contributed by atoms with Crippen molar-refractivity contribution in [2.75, 3.05) is 65.7 Å². The molecule has 1 aliphatic rings. The Bertz CT molecular complexity index is 1440. The van der Waals surface area contributed by atoms with E-state index in [0.29, 0.717) is 19.4 Å². The largest absolute Gasteiger partial charge is 0.446 e. The van der Waals surface area contributed by atoms with Crippen LogP contribution in [-0.4, -0.2) is 99.0 Å². The van der Waals surface area contributed by atoms with Crippen LogP contribution in [-0.2, 0) is 16.1 Å². The summed E-state index contributed by atoms with van der Waals surface area (Å²) < 4.78 is 5.78. The Morgan fingerprint density at radius 2 is 1.53 bits per heavy atom. The topological polar surface area (TPSA) is 94.2 Å². The Morgan fingerprint density at radius 3 is 2.27 bits per heavy atom. The van der Waals surface area contributed by atoms with Gasteiger partial charge < -0.3 is 24.8 Å². The van der Waals surface area contributed by atoms with E-state index in [1.807, 2.05) is 85.7 Å². The highest BCUT2D eigenvalue weighted by molar-refractivity contribution is 5.96. The Labute approximate surface area is 293 Å². The van der Waals surface area contributed by atoms with E-state index in [9.17, 15) is 14.4 Å². The number of ether oxygens (including phenoxy) is 1. The van der Waals surface area contributed by atoms with Crippen LogP contribution in [0.2, 0.25) is 0 Å². The Kier molecular flexibility index (Phi) is 15.8. The third-order valence-corrected chi connectivity index (χ3v) is 9.22. The van der Waals surface area contributed by atoms with E-state index in [-0.39, 0.29) is 17.8 Å². The fraction of sp³-hybridized carbons (Fsp3) is 0.475. The van der Waals surface area contributed by atoms with Gasteiger partial charge in [-0.1, -0.05) is 79.2 Å². The number of likely N-dealkylation sites (tertiary alicyclic amines) is 1. The average Bonchev–Trinajstić information content (AvgIpc) is 3.12. The molecule has 1 heterocycles. The highest BCUT2D eigenvalue weighted by Crippen LogP contribution is 2.28. The van der Waals surface area contributed by atoms with Crippen molar-refractivity contribution in [2.24, 2.45) is 0 Å². The second-order valence-electron chi connectivity index (χ2n) is 13.2. The lowest BCUT2D eigenvalue weighted by atomic mass is 10.0. The van der Waals surface area contributed by atoms with Crippen LogP contribution >= 0.6 is 0 Å². The number of Topliss-reactive ketones (excluding diaryl/α,β-unsaturated/α-hetero) is 1. The minimum atomic E-state index is -0.422. The number of piperidine rings is 1. The van der Waals surface area contributed by atoms with Crippen LogP contribution < -0.4 is 10.6 Å². The van der Waals surface area contributed by atoms with Crippen molar-refractivity contribution in [3.63, 3.8) is 0 Å². The number of hydrogen-bond acceptors (Lipinski definition) is 7. The van der Waals surface area contributed by atoms with Crippen LogP contribution in [0, 0.1) is 0 Å². The number of para-hydroxylation sites is 1. The van der Waals surface area contributed by atoms with Crippen molar-refractivity contribution in [1.29, 1.82) is 0 Å². The molecule has 0 aromatic heterocycles. The summed E-state index contributed by atoms with van der Waals surface area (Å²) in [6, 6.07) is 25.7. The predicted octanol–water partition coefficient (Wildman–Crippen LogP) is 6.70. The molecule has 9 nitrogen and oxygen atoms in total. The van der Waals surface area contributed by atoms with Gasteiger partial charge in [0.2, 0.25) is 5.91 Å². The lowest BCUT2D eigenvalue weighted by molar-refractivity contribution is -0.130. The molecule has 2 N–H and O–H groups in total. The van der Waals surface area contributed by atoms with E-state index in [1.165, 1.54) is 5.56 Å². The van der Waals surface area contributed by atoms with Gasteiger partial charge in [-0.15, -0.1) is 0 Å². The maximum Gasteiger partial charge on any atom is 0.411 e. The zero-order valence-corrected chi connectivity index (χ0v) is 29.7. The van der Waals surface area contributed by atoms with Crippen LogP contribution in [0.1, 0.15) is 67.3 Å². The molecule has 2 amide bonds. The summed E-state index contributed by atoms with van der Waals surface area (Å²) in [4.78, 5) is 44.3. The van der Waals surface area contributed by atoms with Gasteiger partial charge >= 0.3 is 6.09 Å². The average molecular weight is 670 g/mol. The first-order valence-electron chi connectivity index (χ1n) is 17.9. The summed E-state index contributed by atoms with van der Waals surface area (Å²) >= 11 is 0. The Morgan fingerprint density at radius 1 is 0.816 bits per heavy atom. The zero-order chi connectivity index (χ0) is 34.8. The number of carbonyl (C=O) groups is 3. The number of nitrogens with zero attached hydrogens (tertiary/aromatic N) is 3. The number of rotatable bonds is 19. The number of unbranched alkanes of at least 4 members (excludes halogenated alkanes) is 2. The number of amides is 2. The second kappa shape index (κ2) is 20.5. The molecule has 1 aliphatic heterocycles. The molecule has 0 unspecified atom stereocenters. The summed E-state index contributed by atoms with van der Waals surface area (Å²) in [6.45, 7) is 5.87. The van der Waals surface area contributed by atoms with Gasteiger partial charge in [0.25, 0.3) is 0 Å². The van der Waals surface area contributed by atoms with Gasteiger partial charge in [-0.25, -0.2) is 4.79 Å². The number of anilines is 1. The first-order valence-corrected chi connectivity index (χ1v) is 17.9. The van der Waals surface area contributed by atoms with Gasteiger partial charge in [0.1, 0.15) is 6.10 Å². The quantitative estimate of drug-likeness (QED) is 0.108. The van der Waals surface area contributed by atoms with Gasteiger partial charge in [0, 0.05) is 63.7 Å². The standard InChI is InChI=1S/C40H55N5O4/c1-41-25-12-17-38(46)34-21-19-32(20-22-34)31-43(2)26-11-5-8-18-39(47)44(3)29-30-45-27-23-35(24-28-45)49-40(48)42-37-16-10-9-15-36(37)33-13-6-4-7-14-33/h4,6-7,9-10,13-16,19-22,35,41H,5,8,11-12,17-18,23-31H2,1-3H3,(H,42,48). The van der Waals surface area contributed by atoms with Crippen LogP contribution in [0.3, 0.4) is 0 Å². The lowest BCUT2D eigenvalue weighted by Crippen LogP contribution is -2.42. The molecule has 0 aliphatic carbocycles. The first kappa shape index (κ1) is 37.8. The SMILES string of the molecule is CNCCCC(=O)c1ccc(CN(C)CCCCCC(=O)N(C)CCN2CCC(OC(=O)Nc3ccccc3-c3ccccc3)CC2)cc1. The maximum absolute atomic E-state index is 12.7. The monoisotopic (exact) mass is 669 g/mol. The number of nitrogens with one attached hydrogen (secondary N) is 2. The van der Waals surface area contributed by atoms with Crippen molar-refractivity contribution in [2.45, 2.75) is 64.0 Å². The molecule has 3 aromatic rings. The molecule has 9 heteroatoms. The summed E-state index contributed by atoms with van der Waals surface area (Å²) in [7, 11) is 5.91. The fourth-order valence-corrected chi connectivity index (χ4v) is 6.20. The lowest BCUT2D eigenvalue weighted by Gasteiger charge is -2.32. The van der Waals surface area contributed by atoms with Crippen LogP contribution in [0.5, 0.6) is 0 Å². The number of ketones is 1. The molecular formula is C40H55N5O4. The van der Waals surface area contributed by atoms with Crippen molar-refractivity contribution >= 4 is 23.5 Å². The molecule has 4 rings (SSSR count). The minimum Gasteiger partial charge on any atom is -0.446 e. The van der Waals surface area contributed by atoms with Crippen molar-refractivity contribution in [1.82, 2.24) is 20.0 Å². The second-order valence-corrected chi connectivity index (χ2v) is 13.2. The highest BCUT2D eigenvalue weighted by Gasteiger charge is 2.23. The predicted molar refractivity (Wildman–Crippen MR) is 198 cm³/mol. The summed E-state index contributed by atoms with van der Waals surface area (Å²) in [5.74, 6) is 0.394. The molecule has 264 valence electrons. The van der Waals surface area contributed by atoms with E-state index >= 15 is 0 Å². The molecule has 0 spiro atoms. The molecule has 0 saturated carbocycles. The maximum atomic E-state index is 12.7. The third kappa shape index (κ3) is 13.1. The number of carbonyl (C=O) groups excluding carboxylic acids is 3. The van der Waals surface area contributed by atoms with Gasteiger partial charge in [-0.2, -0.15) is 0 Å². The number of likely N-dealkylation sites (N-methyl/N-ethyl adjacent to an activating group) is 1. The molecule has 1 fully saturated rings. The first-order chi connectivity index (χ1) is 23.8. The molecule has 1 saturated heterocycles. The van der Waals surface area contributed by atoms with Gasteiger partial charge in [0.05, 0.1) is 5.69 Å². The van der Waals surface area contributed by atoms with Gasteiger partial charge in [-0.05, 0) is 76.5 Å². The van der Waals surface area contributed by atoms with Gasteiger partial charge in [-0.3, -0.25) is 14.9 Å². The smallest absolute Gasteiger partial charge is 0.411 e. The van der Waals surface area contributed by atoms with Crippen LogP contribution in [0.4, 0.5) is 10.5 Å². The summed E-state index contributed by atoms with van der Waals surface area (Å²) in [5, 5.41) is 6.02. The zero-order valence-electron chi connectivity index (χ0n) is 29.7. The van der Waals surface area contributed by atoms with E-state index in [4.69, 9.17) is 4.74 Å². The normalized spacial score (nSPS) is 13.7. The van der Waals surface area contributed by atoms with E-state index in [0.717, 1.165) is 100 Å². The van der Waals surface area contributed by atoms with E-state index < -0.39 is 6.09 Å². The minimum absolute atomic E-state index is 0.118. The van der Waals surface area contributed by atoms with E-state index in [1.54, 1.807) is 0 Å². The highest BCUT2D eigenvalue weighted by atomic mass is 16.6. The Hall–Kier alpha value is -4.05. The van der Waals surface area contributed by atoms with Crippen molar-refractivity contribution in [3.05, 3.63) is 90.0 Å². The molecule has 0 bridgehead atoms. The summed E-state index contributed by atoms with van der Waals surface area (Å²) in [5.41, 5.74) is 4.73. The van der Waals surface area contributed by atoms with Crippen molar-refractivity contribution in [3.8, 4) is 11.1 Å². The molecular weight excluding hydrogens is 614 g/mol.